The molecule has 0 aliphatic carbocycles. The van der Waals surface area contributed by atoms with Crippen molar-refractivity contribution in [1.82, 2.24) is 10.2 Å². The number of aromatic hydroxyl groups is 1. The predicted octanol–water partition coefficient (Wildman–Crippen LogP) is 3.29. The summed E-state index contributed by atoms with van der Waals surface area (Å²) in [7, 11) is 0. The molecule has 0 spiro atoms. The average molecular weight is 321 g/mol. The van der Waals surface area contributed by atoms with Crippen LogP contribution in [0.5, 0.6) is 5.75 Å². The lowest BCUT2D eigenvalue weighted by molar-refractivity contribution is 0.162. The van der Waals surface area contributed by atoms with Crippen molar-refractivity contribution in [3.05, 3.63) is 29.3 Å². The zero-order chi connectivity index (χ0) is 13.0. The van der Waals surface area contributed by atoms with Crippen LogP contribution in [-0.2, 0) is 0 Å². The second-order valence-electron chi connectivity index (χ2n) is 5.15. The molecule has 116 valence electrons. The molecule has 1 heterocycles. The van der Waals surface area contributed by atoms with Gasteiger partial charge in [-0.15, -0.1) is 24.8 Å². The lowest BCUT2D eigenvalue weighted by atomic mass is 9.97. The molecule has 0 radical (unpaired) electrons. The fraction of sp³-hybridized carbons (Fsp3) is 0.600. The molecule has 1 aliphatic heterocycles. The van der Waals surface area contributed by atoms with E-state index in [1.165, 1.54) is 5.56 Å². The first-order chi connectivity index (χ1) is 8.72. The number of rotatable bonds is 4. The van der Waals surface area contributed by atoms with Crippen molar-refractivity contribution in [1.29, 1.82) is 0 Å². The van der Waals surface area contributed by atoms with Crippen molar-refractivity contribution in [3.63, 3.8) is 0 Å². The van der Waals surface area contributed by atoms with Crippen molar-refractivity contribution in [2.45, 2.75) is 32.7 Å². The van der Waals surface area contributed by atoms with E-state index in [4.69, 9.17) is 0 Å². The van der Waals surface area contributed by atoms with E-state index in [-0.39, 0.29) is 24.8 Å². The lowest BCUT2D eigenvalue weighted by Crippen LogP contribution is -2.45. The normalized spacial score (nSPS) is 16.9. The molecular weight excluding hydrogens is 295 g/mol. The van der Waals surface area contributed by atoms with Gasteiger partial charge in [0.1, 0.15) is 5.75 Å². The second-order valence-corrected chi connectivity index (χ2v) is 5.15. The summed E-state index contributed by atoms with van der Waals surface area (Å²) in [6.45, 7) is 8.53. The number of hydrogen-bond acceptors (Lipinski definition) is 3. The predicted molar refractivity (Wildman–Crippen MR) is 89.4 cm³/mol. The van der Waals surface area contributed by atoms with Crippen LogP contribution in [0.3, 0.4) is 0 Å². The number of phenolic OH excluding ortho intramolecular Hbond substituents is 1. The van der Waals surface area contributed by atoms with Crippen LogP contribution in [0.2, 0.25) is 0 Å². The van der Waals surface area contributed by atoms with Crippen molar-refractivity contribution >= 4 is 24.8 Å². The number of nitrogens with one attached hydrogen (secondary N) is 1. The Morgan fingerprint density at radius 3 is 2.50 bits per heavy atom. The number of hydrogen-bond donors (Lipinski definition) is 2. The third kappa shape index (κ3) is 4.81. The Kier molecular flexibility index (Phi) is 9.23. The first-order valence-electron chi connectivity index (χ1n) is 6.96. The molecule has 1 saturated heterocycles. The Morgan fingerprint density at radius 1 is 1.25 bits per heavy atom. The molecule has 1 aliphatic rings. The zero-order valence-electron chi connectivity index (χ0n) is 12.3. The maximum atomic E-state index is 10.1. The van der Waals surface area contributed by atoms with Gasteiger partial charge in [-0.3, -0.25) is 4.90 Å². The summed E-state index contributed by atoms with van der Waals surface area (Å²) >= 11 is 0. The van der Waals surface area contributed by atoms with Crippen molar-refractivity contribution < 1.29 is 5.11 Å². The number of piperazine rings is 1. The molecule has 1 atom stereocenters. The van der Waals surface area contributed by atoms with Gasteiger partial charge in [-0.25, -0.2) is 0 Å². The topological polar surface area (TPSA) is 35.5 Å². The number of benzene rings is 1. The molecule has 2 N–H and O–H groups in total. The summed E-state index contributed by atoms with van der Waals surface area (Å²) in [6, 6.07) is 6.30. The van der Waals surface area contributed by atoms with Gasteiger partial charge in [-0.1, -0.05) is 31.0 Å². The van der Waals surface area contributed by atoms with Gasteiger partial charge in [0.25, 0.3) is 0 Å². The van der Waals surface area contributed by atoms with E-state index in [0.717, 1.165) is 44.6 Å². The van der Waals surface area contributed by atoms with Gasteiger partial charge >= 0.3 is 0 Å². The largest absolute Gasteiger partial charge is 0.508 e. The summed E-state index contributed by atoms with van der Waals surface area (Å²) < 4.78 is 0. The highest BCUT2D eigenvalue weighted by Crippen LogP contribution is 2.32. The van der Waals surface area contributed by atoms with Crippen LogP contribution in [-0.4, -0.2) is 36.2 Å². The minimum atomic E-state index is 0. The number of halogens is 2. The molecule has 0 unspecified atom stereocenters. The minimum absolute atomic E-state index is 0. The van der Waals surface area contributed by atoms with Gasteiger partial charge in [0.2, 0.25) is 0 Å². The van der Waals surface area contributed by atoms with Gasteiger partial charge in [0, 0.05) is 37.8 Å². The third-order valence-electron chi connectivity index (χ3n) is 3.70. The van der Waals surface area contributed by atoms with Gasteiger partial charge in [0.05, 0.1) is 0 Å². The van der Waals surface area contributed by atoms with E-state index < -0.39 is 0 Å². The quantitative estimate of drug-likeness (QED) is 0.893. The SMILES string of the molecule is CCC[C@H](c1cc(C)ccc1O)N1CCNCC1.Cl.Cl. The van der Waals surface area contributed by atoms with Gasteiger partial charge in [-0.05, 0) is 19.4 Å². The fourth-order valence-electron chi connectivity index (χ4n) is 2.74. The molecule has 0 saturated carbocycles. The standard InChI is InChI=1S/C15H24N2O.2ClH/c1-3-4-14(17-9-7-16-8-10-17)13-11-12(2)5-6-15(13)18;;/h5-6,11,14,16,18H,3-4,7-10H2,1-2H3;2*1H/t14-;;/m1../s1. The van der Waals surface area contributed by atoms with Crippen LogP contribution in [0.1, 0.15) is 36.9 Å². The summed E-state index contributed by atoms with van der Waals surface area (Å²) in [5.41, 5.74) is 2.32. The first kappa shape index (κ1) is 19.5. The highest BCUT2D eigenvalue weighted by molar-refractivity contribution is 5.85. The van der Waals surface area contributed by atoms with Crippen LogP contribution in [0, 0.1) is 6.92 Å². The number of nitrogens with zero attached hydrogens (tertiary/aromatic N) is 1. The van der Waals surface area contributed by atoms with E-state index in [0.29, 0.717) is 11.8 Å². The van der Waals surface area contributed by atoms with Crippen LogP contribution >= 0.6 is 24.8 Å². The van der Waals surface area contributed by atoms with Crippen LogP contribution in [0.15, 0.2) is 18.2 Å². The van der Waals surface area contributed by atoms with Crippen molar-refractivity contribution in [2.75, 3.05) is 26.2 Å². The molecular formula is C15H26Cl2N2O. The van der Waals surface area contributed by atoms with Crippen LogP contribution in [0.25, 0.3) is 0 Å². The van der Waals surface area contributed by atoms with Gasteiger partial charge in [0.15, 0.2) is 0 Å². The Balaban J connectivity index is 0.00000180. The Morgan fingerprint density at radius 2 is 1.90 bits per heavy atom. The average Bonchev–Trinajstić information content (AvgIpc) is 2.40. The molecule has 1 fully saturated rings. The molecule has 1 aromatic rings. The first-order valence-corrected chi connectivity index (χ1v) is 6.96. The summed E-state index contributed by atoms with van der Waals surface area (Å²) in [5.74, 6) is 0.442. The molecule has 2 rings (SSSR count). The summed E-state index contributed by atoms with van der Waals surface area (Å²) in [4.78, 5) is 2.49. The molecule has 0 aromatic heterocycles. The monoisotopic (exact) mass is 320 g/mol. The maximum Gasteiger partial charge on any atom is 0.120 e. The molecule has 0 bridgehead atoms. The van der Waals surface area contributed by atoms with E-state index in [1.807, 2.05) is 12.1 Å². The molecule has 3 nitrogen and oxygen atoms in total. The van der Waals surface area contributed by atoms with Crippen molar-refractivity contribution in [2.24, 2.45) is 0 Å². The Hall–Kier alpha value is -0.480. The second kappa shape index (κ2) is 9.46. The van der Waals surface area contributed by atoms with E-state index in [1.54, 1.807) is 0 Å². The zero-order valence-corrected chi connectivity index (χ0v) is 13.9. The number of aryl methyl sites for hydroxylation is 1. The molecule has 1 aromatic carbocycles. The van der Waals surface area contributed by atoms with Gasteiger partial charge in [-0.2, -0.15) is 0 Å². The summed E-state index contributed by atoms with van der Waals surface area (Å²) in [6.07, 6.45) is 2.25. The van der Waals surface area contributed by atoms with Crippen LogP contribution < -0.4 is 5.32 Å². The maximum absolute atomic E-state index is 10.1. The van der Waals surface area contributed by atoms with Gasteiger partial charge < -0.3 is 10.4 Å². The molecule has 5 heteroatoms. The highest BCUT2D eigenvalue weighted by Gasteiger charge is 2.23. The highest BCUT2D eigenvalue weighted by atomic mass is 35.5. The molecule has 20 heavy (non-hydrogen) atoms. The Bertz CT molecular complexity index is 395. The van der Waals surface area contributed by atoms with E-state index in [9.17, 15) is 5.11 Å². The smallest absolute Gasteiger partial charge is 0.120 e. The lowest BCUT2D eigenvalue weighted by Gasteiger charge is -2.35. The van der Waals surface area contributed by atoms with Crippen LogP contribution in [0.4, 0.5) is 0 Å². The summed E-state index contributed by atoms with van der Waals surface area (Å²) in [5, 5.41) is 13.5. The third-order valence-corrected chi connectivity index (χ3v) is 3.70. The van der Waals surface area contributed by atoms with Crippen molar-refractivity contribution in [3.8, 4) is 5.75 Å². The minimum Gasteiger partial charge on any atom is -0.508 e. The number of phenols is 1. The molecule has 0 amide bonds. The Labute approximate surface area is 134 Å². The van der Waals surface area contributed by atoms with E-state index in [2.05, 4.69) is 30.1 Å². The van der Waals surface area contributed by atoms with E-state index >= 15 is 0 Å². The fourth-order valence-corrected chi connectivity index (χ4v) is 2.74.